The van der Waals surface area contributed by atoms with Gasteiger partial charge in [0.1, 0.15) is 6.10 Å². The molecular formula is C23H22N6O3S. The quantitative estimate of drug-likeness (QED) is 0.412. The lowest BCUT2D eigenvalue weighted by molar-refractivity contribution is -0.138. The van der Waals surface area contributed by atoms with Crippen LogP contribution in [-0.2, 0) is 4.79 Å². The Morgan fingerprint density at radius 2 is 1.70 bits per heavy atom. The van der Waals surface area contributed by atoms with E-state index in [-0.39, 0.29) is 18.4 Å². The van der Waals surface area contributed by atoms with Crippen molar-refractivity contribution in [1.82, 2.24) is 30.1 Å². The molecule has 1 aliphatic rings. The third-order valence-electron chi connectivity index (χ3n) is 5.77. The number of hydrogen-bond acceptors (Lipinski definition) is 8. The Morgan fingerprint density at radius 1 is 0.970 bits per heavy atom. The van der Waals surface area contributed by atoms with Crippen molar-refractivity contribution in [3.8, 4) is 40.0 Å². The molecule has 0 aliphatic heterocycles. The number of pyridine rings is 1. The Balaban J connectivity index is 1.20. The predicted octanol–water partition coefficient (Wildman–Crippen LogP) is 4.46. The zero-order valence-electron chi connectivity index (χ0n) is 17.7. The Hall–Kier alpha value is -3.66. The highest BCUT2D eigenvalue weighted by Gasteiger charge is 2.24. The van der Waals surface area contributed by atoms with Crippen LogP contribution in [0.5, 0.6) is 6.01 Å². The molecular weight excluding hydrogens is 440 g/mol. The molecule has 168 valence electrons. The van der Waals surface area contributed by atoms with Gasteiger partial charge in [-0.25, -0.2) is 9.97 Å². The highest BCUT2D eigenvalue weighted by Crippen LogP contribution is 2.29. The second kappa shape index (κ2) is 9.45. The Bertz CT molecular complexity index is 1200. The number of ether oxygens (including phenoxy) is 1. The average Bonchev–Trinajstić information content (AvgIpc) is 3.53. The number of aromatic amines is 1. The number of thiophene rings is 1. The summed E-state index contributed by atoms with van der Waals surface area (Å²) in [4.78, 5) is 27.3. The first kappa shape index (κ1) is 21.2. The van der Waals surface area contributed by atoms with E-state index in [1.54, 1.807) is 29.9 Å². The van der Waals surface area contributed by atoms with Crippen LogP contribution in [0.3, 0.4) is 0 Å². The number of carbonyl (C=O) groups is 1. The number of hydrogen-bond donors (Lipinski definition) is 2. The van der Waals surface area contributed by atoms with Crippen LogP contribution in [0.1, 0.15) is 32.1 Å². The zero-order valence-corrected chi connectivity index (χ0v) is 18.5. The van der Waals surface area contributed by atoms with Crippen LogP contribution >= 0.6 is 11.3 Å². The average molecular weight is 463 g/mol. The molecule has 0 radical (unpaired) electrons. The number of rotatable bonds is 7. The molecule has 0 bridgehead atoms. The van der Waals surface area contributed by atoms with Crippen LogP contribution in [0.25, 0.3) is 34.0 Å². The normalized spacial score (nSPS) is 18.2. The summed E-state index contributed by atoms with van der Waals surface area (Å²) in [7, 11) is 0. The first-order valence-corrected chi connectivity index (χ1v) is 11.7. The van der Waals surface area contributed by atoms with E-state index in [4.69, 9.17) is 9.84 Å². The van der Waals surface area contributed by atoms with Gasteiger partial charge in [-0.3, -0.25) is 9.78 Å². The van der Waals surface area contributed by atoms with E-state index in [0.717, 1.165) is 53.9 Å². The SMILES string of the molecule is O=C(O)C[C@H]1CC[C@@H](Oc2ncc(-c3ccc(-c4nnc(-c5ccsc5)[nH]4)cn3)cn2)CC1. The van der Waals surface area contributed by atoms with E-state index in [9.17, 15) is 4.79 Å². The van der Waals surface area contributed by atoms with Crippen LogP contribution in [-0.4, -0.2) is 47.3 Å². The summed E-state index contributed by atoms with van der Waals surface area (Å²) in [6, 6.07) is 6.15. The second-order valence-corrected chi connectivity index (χ2v) is 8.86. The van der Waals surface area contributed by atoms with E-state index in [0.29, 0.717) is 11.8 Å². The van der Waals surface area contributed by atoms with Crippen molar-refractivity contribution in [2.24, 2.45) is 5.92 Å². The van der Waals surface area contributed by atoms with Crippen LogP contribution in [0.15, 0.2) is 47.5 Å². The Kier molecular flexibility index (Phi) is 6.07. The minimum absolute atomic E-state index is 0.0270. The maximum absolute atomic E-state index is 10.9. The van der Waals surface area contributed by atoms with Crippen molar-refractivity contribution in [2.75, 3.05) is 0 Å². The van der Waals surface area contributed by atoms with Gasteiger partial charge in [0.2, 0.25) is 0 Å². The number of aromatic nitrogens is 6. The fourth-order valence-corrected chi connectivity index (χ4v) is 4.63. The molecule has 4 aromatic rings. The number of aliphatic carboxylic acids is 1. The van der Waals surface area contributed by atoms with Gasteiger partial charge in [-0.15, -0.1) is 10.2 Å². The number of carboxylic acid groups (broad SMARTS) is 1. The largest absolute Gasteiger partial charge is 0.481 e. The van der Waals surface area contributed by atoms with Crippen LogP contribution in [0, 0.1) is 5.92 Å². The molecule has 10 heteroatoms. The maximum atomic E-state index is 10.9. The van der Waals surface area contributed by atoms with Crippen molar-refractivity contribution in [1.29, 1.82) is 0 Å². The molecule has 0 atom stereocenters. The summed E-state index contributed by atoms with van der Waals surface area (Å²) in [6.45, 7) is 0. The molecule has 2 N–H and O–H groups in total. The molecule has 1 fully saturated rings. The molecule has 0 amide bonds. The third-order valence-corrected chi connectivity index (χ3v) is 6.45. The molecule has 1 saturated carbocycles. The summed E-state index contributed by atoms with van der Waals surface area (Å²) in [6.07, 6.45) is 8.75. The van der Waals surface area contributed by atoms with Crippen molar-refractivity contribution in [3.63, 3.8) is 0 Å². The Labute approximate surface area is 194 Å². The van der Waals surface area contributed by atoms with Gasteiger partial charge in [0.15, 0.2) is 11.6 Å². The molecule has 0 saturated heterocycles. The summed E-state index contributed by atoms with van der Waals surface area (Å²) < 4.78 is 5.90. The lowest BCUT2D eigenvalue weighted by Crippen LogP contribution is -2.25. The van der Waals surface area contributed by atoms with Gasteiger partial charge >= 0.3 is 12.0 Å². The monoisotopic (exact) mass is 462 g/mol. The topological polar surface area (TPSA) is 127 Å². The lowest BCUT2D eigenvalue weighted by Gasteiger charge is -2.27. The van der Waals surface area contributed by atoms with E-state index in [2.05, 4.69) is 30.1 Å². The predicted molar refractivity (Wildman–Crippen MR) is 123 cm³/mol. The van der Waals surface area contributed by atoms with Gasteiger partial charge in [0.05, 0.1) is 5.69 Å². The number of carboxylic acids is 1. The van der Waals surface area contributed by atoms with E-state index in [1.807, 2.05) is 29.0 Å². The van der Waals surface area contributed by atoms with Crippen molar-refractivity contribution < 1.29 is 14.6 Å². The molecule has 5 rings (SSSR count). The van der Waals surface area contributed by atoms with Crippen LogP contribution in [0.2, 0.25) is 0 Å². The van der Waals surface area contributed by atoms with Crippen LogP contribution in [0.4, 0.5) is 0 Å². The van der Waals surface area contributed by atoms with Gasteiger partial charge in [0.25, 0.3) is 0 Å². The maximum Gasteiger partial charge on any atom is 0.316 e. The second-order valence-electron chi connectivity index (χ2n) is 8.08. The van der Waals surface area contributed by atoms with E-state index >= 15 is 0 Å². The van der Waals surface area contributed by atoms with E-state index < -0.39 is 5.97 Å². The van der Waals surface area contributed by atoms with Crippen molar-refractivity contribution in [3.05, 3.63) is 47.5 Å². The first-order valence-electron chi connectivity index (χ1n) is 10.8. The molecule has 4 aromatic heterocycles. The van der Waals surface area contributed by atoms with Gasteiger partial charge in [0, 0.05) is 47.1 Å². The highest BCUT2D eigenvalue weighted by atomic mass is 32.1. The number of nitrogens with one attached hydrogen (secondary N) is 1. The fraction of sp³-hybridized carbons (Fsp3) is 0.304. The summed E-state index contributed by atoms with van der Waals surface area (Å²) in [5.74, 6) is 0.894. The van der Waals surface area contributed by atoms with Gasteiger partial charge in [-0.2, -0.15) is 11.3 Å². The van der Waals surface area contributed by atoms with Crippen molar-refractivity contribution in [2.45, 2.75) is 38.2 Å². The Morgan fingerprint density at radius 3 is 2.33 bits per heavy atom. The highest BCUT2D eigenvalue weighted by molar-refractivity contribution is 7.08. The van der Waals surface area contributed by atoms with Crippen LogP contribution < -0.4 is 4.74 Å². The van der Waals surface area contributed by atoms with Crippen molar-refractivity contribution >= 4 is 17.3 Å². The molecule has 0 aromatic carbocycles. The number of H-pyrrole nitrogens is 1. The summed E-state index contributed by atoms with van der Waals surface area (Å²) in [5, 5.41) is 21.4. The summed E-state index contributed by atoms with van der Waals surface area (Å²) in [5.41, 5.74) is 3.39. The third kappa shape index (κ3) is 5.06. The lowest BCUT2D eigenvalue weighted by atomic mass is 9.85. The molecule has 0 unspecified atom stereocenters. The fourth-order valence-electron chi connectivity index (χ4n) is 3.99. The minimum atomic E-state index is -0.733. The first-order chi connectivity index (χ1) is 16.1. The van der Waals surface area contributed by atoms with E-state index in [1.165, 1.54) is 0 Å². The smallest absolute Gasteiger partial charge is 0.316 e. The molecule has 33 heavy (non-hydrogen) atoms. The molecule has 0 spiro atoms. The van der Waals surface area contributed by atoms with Gasteiger partial charge in [-0.05, 0) is 55.2 Å². The van der Waals surface area contributed by atoms with Gasteiger partial charge < -0.3 is 14.8 Å². The zero-order chi connectivity index (χ0) is 22.6. The standard InChI is InChI=1S/C23H22N6O3S/c30-20(31)9-14-1-4-18(5-2-14)32-23-25-11-17(12-26-23)19-6-3-15(10-24-19)21-27-22(29-28-21)16-7-8-33-13-16/h3,6-8,10-14,18H,1-2,4-5,9H2,(H,30,31)(H,27,28,29)/t14-,18+. The molecule has 1 aliphatic carbocycles. The minimum Gasteiger partial charge on any atom is -0.481 e. The summed E-state index contributed by atoms with van der Waals surface area (Å²) >= 11 is 1.61. The van der Waals surface area contributed by atoms with Gasteiger partial charge in [-0.1, -0.05) is 0 Å². The number of nitrogens with zero attached hydrogens (tertiary/aromatic N) is 5. The molecule has 4 heterocycles. The molecule has 9 nitrogen and oxygen atoms in total.